The molecule has 0 radical (unpaired) electrons. The van der Waals surface area contributed by atoms with Crippen LogP contribution in [0.1, 0.15) is 22.8 Å². The number of aromatic carboxylic acids is 1. The Morgan fingerprint density at radius 3 is 2.45 bits per heavy atom. The fourth-order valence-corrected chi connectivity index (χ4v) is 1.83. The third kappa shape index (κ3) is 4.02. The number of benzene rings is 2. The first-order valence-corrected chi connectivity index (χ1v) is 6.54. The molecule has 1 amide bonds. The number of hydrogen-bond donors (Lipinski definition) is 2. The fourth-order valence-electron chi connectivity index (χ4n) is 1.83. The van der Waals surface area contributed by atoms with Crippen LogP contribution in [0, 0.1) is 5.82 Å². The van der Waals surface area contributed by atoms with Gasteiger partial charge in [-0.15, -0.1) is 0 Å². The van der Waals surface area contributed by atoms with Gasteiger partial charge in [-0.1, -0.05) is 18.2 Å². The van der Waals surface area contributed by atoms with Crippen LogP contribution in [0.25, 0.3) is 6.08 Å². The summed E-state index contributed by atoms with van der Waals surface area (Å²) in [6.45, 7) is 1.62. The second-order valence-electron chi connectivity index (χ2n) is 4.72. The zero-order chi connectivity index (χ0) is 16.1. The van der Waals surface area contributed by atoms with Crippen molar-refractivity contribution in [2.45, 2.75) is 6.92 Å². The van der Waals surface area contributed by atoms with Gasteiger partial charge in [-0.05, 0) is 48.9 Å². The van der Waals surface area contributed by atoms with Crippen LogP contribution in [-0.2, 0) is 4.79 Å². The molecule has 0 bridgehead atoms. The molecule has 2 aromatic carbocycles. The first kappa shape index (κ1) is 15.4. The van der Waals surface area contributed by atoms with Crippen molar-refractivity contribution < 1.29 is 19.1 Å². The Labute approximate surface area is 126 Å². The summed E-state index contributed by atoms with van der Waals surface area (Å²) in [5, 5.41) is 11.5. The van der Waals surface area contributed by atoms with E-state index in [0.717, 1.165) is 0 Å². The highest BCUT2D eigenvalue weighted by Crippen LogP contribution is 2.13. The molecule has 0 saturated carbocycles. The zero-order valence-electron chi connectivity index (χ0n) is 11.8. The summed E-state index contributed by atoms with van der Waals surface area (Å²) in [5.74, 6) is -1.76. The third-order valence-electron chi connectivity index (χ3n) is 2.98. The quantitative estimate of drug-likeness (QED) is 0.848. The van der Waals surface area contributed by atoms with Crippen molar-refractivity contribution in [1.82, 2.24) is 0 Å². The summed E-state index contributed by atoms with van der Waals surface area (Å²) < 4.78 is 12.8. The van der Waals surface area contributed by atoms with Crippen molar-refractivity contribution in [3.8, 4) is 0 Å². The van der Waals surface area contributed by atoms with Gasteiger partial charge in [0.2, 0.25) is 0 Å². The molecule has 22 heavy (non-hydrogen) atoms. The smallest absolute Gasteiger partial charge is 0.335 e. The number of halogens is 1. The van der Waals surface area contributed by atoms with Crippen molar-refractivity contribution in [2.75, 3.05) is 5.32 Å². The predicted molar refractivity (Wildman–Crippen MR) is 82.1 cm³/mol. The molecule has 0 fully saturated rings. The van der Waals surface area contributed by atoms with Crippen molar-refractivity contribution in [3.05, 3.63) is 71.0 Å². The second-order valence-corrected chi connectivity index (χ2v) is 4.72. The minimum atomic E-state index is -1.06. The summed E-state index contributed by atoms with van der Waals surface area (Å²) >= 11 is 0. The van der Waals surface area contributed by atoms with Gasteiger partial charge >= 0.3 is 5.97 Å². The van der Waals surface area contributed by atoms with E-state index in [-0.39, 0.29) is 17.3 Å². The summed E-state index contributed by atoms with van der Waals surface area (Å²) in [6.07, 6.45) is 1.62. The maximum Gasteiger partial charge on any atom is 0.335 e. The Bertz CT molecular complexity index is 736. The molecule has 2 N–H and O–H groups in total. The minimum absolute atomic E-state index is 0.0953. The average Bonchev–Trinajstić information content (AvgIpc) is 2.49. The number of anilines is 1. The van der Waals surface area contributed by atoms with Gasteiger partial charge in [0.05, 0.1) is 5.56 Å². The molecule has 0 heterocycles. The molecule has 2 rings (SSSR count). The van der Waals surface area contributed by atoms with Crippen molar-refractivity contribution >= 4 is 23.6 Å². The summed E-state index contributed by atoms with van der Waals surface area (Å²) in [6, 6.07) is 11.7. The van der Waals surface area contributed by atoms with Crippen LogP contribution in [0.5, 0.6) is 0 Å². The van der Waals surface area contributed by atoms with Crippen molar-refractivity contribution in [2.24, 2.45) is 0 Å². The molecule has 0 aromatic heterocycles. The number of amides is 1. The SMILES string of the molecule is CC(=Cc1ccc(F)cc1)C(=O)Nc1cccc(C(=O)O)c1. The van der Waals surface area contributed by atoms with Gasteiger partial charge in [0.25, 0.3) is 5.91 Å². The van der Waals surface area contributed by atoms with Crippen molar-refractivity contribution in [1.29, 1.82) is 0 Å². The normalized spacial score (nSPS) is 11.1. The Balaban J connectivity index is 2.12. The number of carboxylic acids is 1. The van der Waals surface area contributed by atoms with Crippen LogP contribution in [0.3, 0.4) is 0 Å². The van der Waals surface area contributed by atoms with E-state index < -0.39 is 5.97 Å². The molecule has 0 unspecified atom stereocenters. The first-order valence-electron chi connectivity index (χ1n) is 6.54. The molecule has 5 heteroatoms. The standard InChI is InChI=1S/C17H14FNO3/c1-11(9-12-5-7-14(18)8-6-12)16(20)19-15-4-2-3-13(10-15)17(21)22/h2-10H,1H3,(H,19,20)(H,21,22). The lowest BCUT2D eigenvalue weighted by molar-refractivity contribution is -0.112. The van der Waals surface area contributed by atoms with Crippen LogP contribution in [-0.4, -0.2) is 17.0 Å². The number of carboxylic acid groups (broad SMARTS) is 1. The lowest BCUT2D eigenvalue weighted by Gasteiger charge is -2.06. The van der Waals surface area contributed by atoms with E-state index >= 15 is 0 Å². The van der Waals surface area contributed by atoms with Gasteiger partial charge in [-0.2, -0.15) is 0 Å². The summed E-state index contributed by atoms with van der Waals surface area (Å²) in [4.78, 5) is 23.0. The van der Waals surface area contributed by atoms with Crippen LogP contribution >= 0.6 is 0 Å². The molecule has 0 aliphatic heterocycles. The van der Waals surface area contributed by atoms with Gasteiger partial charge in [-0.25, -0.2) is 9.18 Å². The molecule has 112 valence electrons. The molecule has 0 aliphatic carbocycles. The van der Waals surface area contributed by atoms with E-state index in [9.17, 15) is 14.0 Å². The summed E-state index contributed by atoms with van der Waals surface area (Å²) in [7, 11) is 0. The Morgan fingerprint density at radius 2 is 1.82 bits per heavy atom. The number of carbonyl (C=O) groups excluding carboxylic acids is 1. The number of carbonyl (C=O) groups is 2. The van der Waals surface area contributed by atoms with Crippen LogP contribution in [0.15, 0.2) is 54.1 Å². The highest BCUT2D eigenvalue weighted by Gasteiger charge is 2.08. The Morgan fingerprint density at radius 1 is 1.14 bits per heavy atom. The second kappa shape index (κ2) is 6.67. The molecule has 0 spiro atoms. The van der Waals surface area contributed by atoms with E-state index in [0.29, 0.717) is 16.8 Å². The molecule has 4 nitrogen and oxygen atoms in total. The number of hydrogen-bond acceptors (Lipinski definition) is 2. The predicted octanol–water partition coefficient (Wildman–Crippen LogP) is 3.57. The lowest BCUT2D eigenvalue weighted by atomic mass is 10.1. The molecule has 2 aromatic rings. The molecule has 0 saturated heterocycles. The number of nitrogens with one attached hydrogen (secondary N) is 1. The van der Waals surface area contributed by atoms with Crippen LogP contribution in [0.4, 0.5) is 10.1 Å². The molecular formula is C17H14FNO3. The molecule has 0 aliphatic rings. The monoisotopic (exact) mass is 299 g/mol. The van der Waals surface area contributed by atoms with E-state index in [1.165, 1.54) is 24.3 Å². The minimum Gasteiger partial charge on any atom is -0.478 e. The maximum atomic E-state index is 12.8. The van der Waals surface area contributed by atoms with Gasteiger partial charge in [0.15, 0.2) is 0 Å². The largest absolute Gasteiger partial charge is 0.478 e. The molecular weight excluding hydrogens is 285 g/mol. The maximum absolute atomic E-state index is 12.8. The lowest BCUT2D eigenvalue weighted by Crippen LogP contribution is -2.13. The third-order valence-corrected chi connectivity index (χ3v) is 2.98. The van der Waals surface area contributed by atoms with Crippen LogP contribution in [0.2, 0.25) is 0 Å². The Hall–Kier alpha value is -2.95. The zero-order valence-corrected chi connectivity index (χ0v) is 11.8. The number of rotatable bonds is 4. The highest BCUT2D eigenvalue weighted by atomic mass is 19.1. The van der Waals surface area contributed by atoms with Gasteiger partial charge < -0.3 is 10.4 Å². The first-order chi connectivity index (χ1) is 10.5. The van der Waals surface area contributed by atoms with Crippen LogP contribution < -0.4 is 5.32 Å². The topological polar surface area (TPSA) is 66.4 Å². The van der Waals surface area contributed by atoms with E-state index in [1.807, 2.05) is 0 Å². The Kier molecular flexibility index (Phi) is 4.68. The highest BCUT2D eigenvalue weighted by molar-refractivity contribution is 6.06. The van der Waals surface area contributed by atoms with E-state index in [4.69, 9.17) is 5.11 Å². The molecule has 0 atom stereocenters. The van der Waals surface area contributed by atoms with E-state index in [2.05, 4.69) is 5.32 Å². The summed E-state index contributed by atoms with van der Waals surface area (Å²) in [5.41, 5.74) is 1.62. The van der Waals surface area contributed by atoms with Gasteiger partial charge in [0.1, 0.15) is 5.82 Å². The van der Waals surface area contributed by atoms with Gasteiger partial charge in [-0.3, -0.25) is 4.79 Å². The van der Waals surface area contributed by atoms with Gasteiger partial charge in [0, 0.05) is 11.3 Å². The van der Waals surface area contributed by atoms with E-state index in [1.54, 1.807) is 37.3 Å². The van der Waals surface area contributed by atoms with Crippen molar-refractivity contribution in [3.63, 3.8) is 0 Å². The average molecular weight is 299 g/mol. The fraction of sp³-hybridized carbons (Fsp3) is 0.0588.